The van der Waals surface area contributed by atoms with Gasteiger partial charge >= 0.3 is 0 Å². The topological polar surface area (TPSA) is 30.5 Å². The molecule has 102 valence electrons. The minimum Gasteiger partial charge on any atom is -0.497 e. The van der Waals surface area contributed by atoms with Crippen LogP contribution in [0.4, 0.5) is 0 Å². The predicted octanol–water partition coefficient (Wildman–Crippen LogP) is 2.50. The first kappa shape index (κ1) is 15.0. The van der Waals surface area contributed by atoms with Crippen LogP contribution in [0.25, 0.3) is 0 Å². The van der Waals surface area contributed by atoms with Crippen LogP contribution in [0.1, 0.15) is 18.9 Å². The molecule has 0 aliphatic rings. The number of hydrogen-bond donors (Lipinski definition) is 1. The number of benzene rings is 1. The molecule has 1 atom stereocenters. The van der Waals surface area contributed by atoms with Gasteiger partial charge in [0.25, 0.3) is 0 Å². The Labute approximate surface area is 110 Å². The highest BCUT2D eigenvalue weighted by atomic mass is 16.5. The molecule has 0 fully saturated rings. The van der Waals surface area contributed by atoms with Crippen LogP contribution < -0.4 is 10.1 Å². The van der Waals surface area contributed by atoms with E-state index in [2.05, 4.69) is 24.4 Å². The first-order chi connectivity index (χ1) is 8.80. The Balaban J connectivity index is 2.52. The maximum atomic E-state index is 5.29. The summed E-state index contributed by atoms with van der Waals surface area (Å²) in [4.78, 5) is 0. The Hall–Kier alpha value is -1.06. The molecule has 0 spiro atoms. The molecular weight excluding hydrogens is 226 g/mol. The molecule has 0 aromatic heterocycles. The van der Waals surface area contributed by atoms with Gasteiger partial charge in [-0.15, -0.1) is 0 Å². The van der Waals surface area contributed by atoms with E-state index in [0.717, 1.165) is 31.9 Å². The smallest absolute Gasteiger partial charge is 0.119 e. The second-order valence-corrected chi connectivity index (χ2v) is 4.58. The fourth-order valence-electron chi connectivity index (χ4n) is 2.04. The van der Waals surface area contributed by atoms with Gasteiger partial charge in [-0.3, -0.25) is 0 Å². The Bertz CT molecular complexity index is 328. The molecule has 1 N–H and O–H groups in total. The van der Waals surface area contributed by atoms with Gasteiger partial charge in [-0.1, -0.05) is 19.1 Å². The molecule has 18 heavy (non-hydrogen) atoms. The van der Waals surface area contributed by atoms with Crippen LogP contribution in [-0.4, -0.2) is 33.9 Å². The van der Waals surface area contributed by atoms with Crippen molar-refractivity contribution in [3.05, 3.63) is 29.8 Å². The molecule has 0 radical (unpaired) electrons. The van der Waals surface area contributed by atoms with E-state index in [1.54, 1.807) is 14.2 Å². The Kier molecular flexibility index (Phi) is 7.46. The lowest BCUT2D eigenvalue weighted by atomic mass is 10.00. The van der Waals surface area contributed by atoms with Crippen molar-refractivity contribution in [2.45, 2.75) is 19.8 Å². The monoisotopic (exact) mass is 251 g/mol. The summed E-state index contributed by atoms with van der Waals surface area (Å²) in [5.74, 6) is 1.43. The van der Waals surface area contributed by atoms with Crippen LogP contribution in [0.5, 0.6) is 5.75 Å². The third kappa shape index (κ3) is 5.52. The summed E-state index contributed by atoms with van der Waals surface area (Å²) in [5.41, 5.74) is 1.30. The van der Waals surface area contributed by atoms with Crippen molar-refractivity contribution < 1.29 is 9.47 Å². The molecule has 0 heterocycles. The van der Waals surface area contributed by atoms with Gasteiger partial charge in [-0.05, 0) is 43.0 Å². The molecular formula is C15H25NO2. The highest BCUT2D eigenvalue weighted by Crippen LogP contribution is 2.16. The van der Waals surface area contributed by atoms with E-state index in [0.29, 0.717) is 5.92 Å². The zero-order valence-corrected chi connectivity index (χ0v) is 11.7. The molecule has 0 bridgehead atoms. The molecule has 3 nitrogen and oxygen atoms in total. The van der Waals surface area contributed by atoms with Gasteiger partial charge in [0.15, 0.2) is 0 Å². The summed E-state index contributed by atoms with van der Waals surface area (Å²) < 4.78 is 10.5. The lowest BCUT2D eigenvalue weighted by Gasteiger charge is -2.17. The zero-order valence-electron chi connectivity index (χ0n) is 11.7. The van der Waals surface area contributed by atoms with E-state index in [9.17, 15) is 0 Å². The quantitative estimate of drug-likeness (QED) is 0.684. The third-order valence-electron chi connectivity index (χ3n) is 2.92. The minimum absolute atomic E-state index is 0.508. The van der Waals surface area contributed by atoms with E-state index in [4.69, 9.17) is 9.47 Å². The molecule has 0 aliphatic carbocycles. The number of ether oxygens (including phenoxy) is 2. The van der Waals surface area contributed by atoms with Crippen molar-refractivity contribution in [1.82, 2.24) is 5.32 Å². The second-order valence-electron chi connectivity index (χ2n) is 4.58. The standard InChI is InChI=1S/C15H25NO2/c1-4-8-16-11-14(12-17-2)9-13-6-5-7-15(10-13)18-3/h5-7,10,14,16H,4,8-9,11-12H2,1-3H3. The van der Waals surface area contributed by atoms with Crippen LogP contribution in [-0.2, 0) is 11.2 Å². The number of methoxy groups -OCH3 is 2. The molecule has 1 rings (SSSR count). The molecule has 0 aliphatic heterocycles. The average Bonchev–Trinajstić information content (AvgIpc) is 2.39. The lowest BCUT2D eigenvalue weighted by molar-refractivity contribution is 0.151. The first-order valence-electron chi connectivity index (χ1n) is 6.62. The van der Waals surface area contributed by atoms with Crippen molar-refractivity contribution >= 4 is 0 Å². The van der Waals surface area contributed by atoms with E-state index in [1.807, 2.05) is 12.1 Å². The van der Waals surface area contributed by atoms with Crippen LogP contribution in [0, 0.1) is 5.92 Å². The van der Waals surface area contributed by atoms with E-state index >= 15 is 0 Å². The molecule has 3 heteroatoms. The average molecular weight is 251 g/mol. The Morgan fingerprint density at radius 3 is 2.78 bits per heavy atom. The van der Waals surface area contributed by atoms with Crippen molar-refractivity contribution in [3.63, 3.8) is 0 Å². The predicted molar refractivity (Wildman–Crippen MR) is 75.2 cm³/mol. The fourth-order valence-corrected chi connectivity index (χ4v) is 2.04. The van der Waals surface area contributed by atoms with Gasteiger partial charge in [0.05, 0.1) is 13.7 Å². The van der Waals surface area contributed by atoms with Crippen molar-refractivity contribution in [2.75, 3.05) is 33.9 Å². The van der Waals surface area contributed by atoms with Crippen molar-refractivity contribution in [1.29, 1.82) is 0 Å². The minimum atomic E-state index is 0.508. The summed E-state index contributed by atoms with van der Waals surface area (Å²) >= 11 is 0. The van der Waals surface area contributed by atoms with Gasteiger partial charge in [0.1, 0.15) is 5.75 Å². The Morgan fingerprint density at radius 2 is 2.11 bits per heavy atom. The lowest BCUT2D eigenvalue weighted by Crippen LogP contribution is -2.27. The van der Waals surface area contributed by atoms with Gasteiger partial charge in [-0.25, -0.2) is 0 Å². The number of nitrogens with one attached hydrogen (secondary N) is 1. The summed E-state index contributed by atoms with van der Waals surface area (Å²) in [6.45, 7) is 5.03. The summed E-state index contributed by atoms with van der Waals surface area (Å²) in [7, 11) is 3.47. The summed E-state index contributed by atoms with van der Waals surface area (Å²) in [6, 6.07) is 8.26. The van der Waals surface area contributed by atoms with E-state index in [-0.39, 0.29) is 0 Å². The van der Waals surface area contributed by atoms with E-state index < -0.39 is 0 Å². The van der Waals surface area contributed by atoms with Gasteiger partial charge in [0, 0.05) is 13.7 Å². The molecule has 1 aromatic carbocycles. The van der Waals surface area contributed by atoms with E-state index in [1.165, 1.54) is 12.0 Å². The zero-order chi connectivity index (χ0) is 13.2. The second kappa shape index (κ2) is 8.95. The number of hydrogen-bond acceptors (Lipinski definition) is 3. The van der Waals surface area contributed by atoms with Crippen LogP contribution >= 0.6 is 0 Å². The Morgan fingerprint density at radius 1 is 1.28 bits per heavy atom. The molecule has 1 aromatic rings. The van der Waals surface area contributed by atoms with Crippen LogP contribution in [0.2, 0.25) is 0 Å². The SMILES string of the molecule is CCCNCC(COC)Cc1cccc(OC)c1. The summed E-state index contributed by atoms with van der Waals surface area (Å²) in [5, 5.41) is 3.46. The molecule has 0 saturated heterocycles. The first-order valence-corrected chi connectivity index (χ1v) is 6.62. The molecule has 0 amide bonds. The number of rotatable bonds is 9. The fraction of sp³-hybridized carbons (Fsp3) is 0.600. The normalized spacial score (nSPS) is 12.4. The largest absolute Gasteiger partial charge is 0.497 e. The maximum Gasteiger partial charge on any atom is 0.119 e. The summed E-state index contributed by atoms with van der Waals surface area (Å²) in [6.07, 6.45) is 2.18. The third-order valence-corrected chi connectivity index (χ3v) is 2.92. The highest BCUT2D eigenvalue weighted by molar-refractivity contribution is 5.28. The maximum absolute atomic E-state index is 5.29. The van der Waals surface area contributed by atoms with Crippen molar-refractivity contribution in [2.24, 2.45) is 5.92 Å². The highest BCUT2D eigenvalue weighted by Gasteiger charge is 2.09. The van der Waals surface area contributed by atoms with Gasteiger partial charge in [0.2, 0.25) is 0 Å². The van der Waals surface area contributed by atoms with Gasteiger partial charge in [-0.2, -0.15) is 0 Å². The molecule has 1 unspecified atom stereocenters. The van der Waals surface area contributed by atoms with Crippen LogP contribution in [0.3, 0.4) is 0 Å². The molecule has 0 saturated carbocycles. The van der Waals surface area contributed by atoms with Gasteiger partial charge < -0.3 is 14.8 Å². The van der Waals surface area contributed by atoms with Crippen molar-refractivity contribution in [3.8, 4) is 5.75 Å². The van der Waals surface area contributed by atoms with Crippen LogP contribution in [0.15, 0.2) is 24.3 Å².